The third-order valence-electron chi connectivity index (χ3n) is 8.03. The van der Waals surface area contributed by atoms with Crippen molar-refractivity contribution in [2.24, 2.45) is 5.10 Å². The summed E-state index contributed by atoms with van der Waals surface area (Å²) in [5.74, 6) is -1.44. The molecule has 1 amide bonds. The average Bonchev–Trinajstić information content (AvgIpc) is 3.44. The van der Waals surface area contributed by atoms with Gasteiger partial charge in [0.05, 0.1) is 16.9 Å². The molecule has 2 spiro atoms. The van der Waals surface area contributed by atoms with Gasteiger partial charge in [-0.3, -0.25) is 4.79 Å². The van der Waals surface area contributed by atoms with Crippen molar-refractivity contribution in [1.82, 2.24) is 5.43 Å². The van der Waals surface area contributed by atoms with Crippen LogP contribution in [0, 0.1) is 3.57 Å². The molecule has 0 aromatic heterocycles. The number of ether oxygens (including phenoxy) is 6. The molecule has 5 fully saturated rings. The van der Waals surface area contributed by atoms with Gasteiger partial charge in [0.2, 0.25) is 0 Å². The number of hydrazone groups is 1. The number of hydrogen-bond acceptors (Lipinski definition) is 9. The number of halogens is 1. The third kappa shape index (κ3) is 4.87. The number of phenols is 1. The minimum Gasteiger partial charge on any atom is -0.504 e. The van der Waals surface area contributed by atoms with Gasteiger partial charge in [-0.05, 0) is 66.0 Å². The molecule has 37 heavy (non-hydrogen) atoms. The quantitative estimate of drug-likeness (QED) is 0.295. The van der Waals surface area contributed by atoms with Gasteiger partial charge in [0.1, 0.15) is 18.3 Å². The van der Waals surface area contributed by atoms with Crippen molar-refractivity contribution in [3.63, 3.8) is 0 Å². The number of hydrogen-bond donors (Lipinski definition) is 2. The van der Waals surface area contributed by atoms with Crippen LogP contribution < -0.4 is 10.2 Å². The second kappa shape index (κ2) is 10.2. The SMILES string of the molecule is COc1cc(/C=N/NC(=O)[C@@H]2O[C@@H]3OC4(CCCCC4)O[C@@H]3[C@@H]3OC4(CCCCC4)O[C@@H]32)cc(I)c1O. The Morgan fingerprint density at radius 2 is 1.62 bits per heavy atom. The van der Waals surface area contributed by atoms with Crippen molar-refractivity contribution < 1.29 is 38.3 Å². The molecule has 1 aromatic carbocycles. The highest BCUT2D eigenvalue weighted by Crippen LogP contribution is 2.51. The average molecular weight is 628 g/mol. The number of aromatic hydroxyl groups is 1. The Morgan fingerprint density at radius 3 is 2.30 bits per heavy atom. The van der Waals surface area contributed by atoms with Crippen LogP contribution in [0.3, 0.4) is 0 Å². The number of amides is 1. The van der Waals surface area contributed by atoms with Crippen LogP contribution in [0.4, 0.5) is 0 Å². The Morgan fingerprint density at radius 1 is 1.00 bits per heavy atom. The van der Waals surface area contributed by atoms with Gasteiger partial charge in [-0.2, -0.15) is 5.10 Å². The number of carbonyl (C=O) groups excluding carboxylic acids is 1. The van der Waals surface area contributed by atoms with E-state index in [4.69, 9.17) is 28.4 Å². The van der Waals surface area contributed by atoms with Crippen LogP contribution in [0.15, 0.2) is 17.2 Å². The maximum Gasteiger partial charge on any atom is 0.272 e. The minimum atomic E-state index is -0.957. The number of rotatable bonds is 4. The first-order valence-corrected chi connectivity index (χ1v) is 14.2. The van der Waals surface area contributed by atoms with E-state index < -0.39 is 48.2 Å². The number of nitrogens with zero attached hydrogens (tertiary/aromatic N) is 1. The number of nitrogens with one attached hydrogen (secondary N) is 1. The molecule has 3 aliphatic heterocycles. The first-order chi connectivity index (χ1) is 17.9. The molecule has 2 saturated carbocycles. The van der Waals surface area contributed by atoms with Gasteiger partial charge in [0.15, 0.2) is 35.5 Å². The number of benzene rings is 1. The fraction of sp³-hybridized carbons (Fsp3) is 0.692. The lowest BCUT2D eigenvalue weighted by atomic mass is 9.94. The number of carbonyl (C=O) groups is 1. The van der Waals surface area contributed by atoms with Crippen molar-refractivity contribution in [2.75, 3.05) is 7.11 Å². The Bertz CT molecular complexity index is 1060. The predicted molar refractivity (Wildman–Crippen MR) is 139 cm³/mol. The predicted octanol–water partition coefficient (Wildman–Crippen LogP) is 3.70. The number of methoxy groups -OCH3 is 1. The van der Waals surface area contributed by atoms with Crippen molar-refractivity contribution >= 4 is 34.7 Å². The Labute approximate surface area is 229 Å². The topological polar surface area (TPSA) is 117 Å². The highest BCUT2D eigenvalue weighted by atomic mass is 127. The van der Waals surface area contributed by atoms with E-state index in [-0.39, 0.29) is 5.75 Å². The zero-order chi connectivity index (χ0) is 25.6. The molecule has 5 aliphatic rings. The molecular weight excluding hydrogens is 595 g/mol. The molecule has 0 radical (unpaired) electrons. The fourth-order valence-electron chi connectivity index (χ4n) is 6.23. The summed E-state index contributed by atoms with van der Waals surface area (Å²) >= 11 is 2.01. The maximum absolute atomic E-state index is 13.4. The number of fused-ring (bicyclic) bond motifs is 3. The van der Waals surface area contributed by atoms with E-state index in [0.29, 0.717) is 14.9 Å². The summed E-state index contributed by atoms with van der Waals surface area (Å²) in [7, 11) is 1.48. The first kappa shape index (κ1) is 25.8. The lowest BCUT2D eigenvalue weighted by Crippen LogP contribution is -2.59. The highest BCUT2D eigenvalue weighted by Gasteiger charge is 2.65. The number of phenolic OH excluding ortho intramolecular Hbond substituents is 1. The molecule has 11 heteroatoms. The standard InChI is InChI=1S/C26H33IN2O8/c1-32-17-13-15(12-16(27)18(17)30)14-28-29-23(31)21-19-20(35-25(34-19)8-4-2-5-9-25)22-24(33-21)37-26(36-22)10-6-3-7-11-26/h12-14,19-22,24,30H,2-11H2,1H3,(H,29,31)/b28-14+/t19-,20+,21+,22+,24+/m0/s1. The van der Waals surface area contributed by atoms with E-state index in [0.717, 1.165) is 64.2 Å². The van der Waals surface area contributed by atoms with E-state index in [1.807, 2.05) is 22.6 Å². The van der Waals surface area contributed by atoms with Crippen LogP contribution in [-0.4, -0.2) is 66.6 Å². The van der Waals surface area contributed by atoms with E-state index in [9.17, 15) is 9.90 Å². The van der Waals surface area contributed by atoms with Gasteiger partial charge in [-0.15, -0.1) is 0 Å². The van der Waals surface area contributed by atoms with Gasteiger partial charge in [0.25, 0.3) is 5.91 Å². The molecule has 0 bridgehead atoms. The molecule has 2 N–H and O–H groups in total. The van der Waals surface area contributed by atoms with E-state index in [2.05, 4.69) is 10.5 Å². The molecular formula is C26H33IN2O8. The molecule has 6 rings (SSSR count). The van der Waals surface area contributed by atoms with Crippen LogP contribution in [0.2, 0.25) is 0 Å². The molecule has 1 aromatic rings. The molecule has 0 unspecified atom stereocenters. The summed E-state index contributed by atoms with van der Waals surface area (Å²) in [4.78, 5) is 13.4. The summed E-state index contributed by atoms with van der Waals surface area (Å²) in [6, 6.07) is 3.37. The second-order valence-corrected chi connectivity index (χ2v) is 11.7. The normalized spacial score (nSPS) is 33.9. The summed E-state index contributed by atoms with van der Waals surface area (Å²) in [6.07, 6.45) is 7.93. The van der Waals surface area contributed by atoms with Crippen molar-refractivity contribution in [3.8, 4) is 11.5 Å². The van der Waals surface area contributed by atoms with Crippen LogP contribution in [-0.2, 0) is 28.5 Å². The molecule has 5 atom stereocenters. The maximum atomic E-state index is 13.4. The van der Waals surface area contributed by atoms with Gasteiger partial charge < -0.3 is 33.5 Å². The Kier molecular flexibility index (Phi) is 7.12. The molecule has 3 saturated heterocycles. The fourth-order valence-corrected chi connectivity index (χ4v) is 6.85. The lowest BCUT2D eigenvalue weighted by molar-refractivity contribution is -0.247. The first-order valence-electron chi connectivity index (χ1n) is 13.2. The smallest absolute Gasteiger partial charge is 0.272 e. The summed E-state index contributed by atoms with van der Waals surface area (Å²) in [5, 5.41) is 14.2. The summed E-state index contributed by atoms with van der Waals surface area (Å²) in [6.45, 7) is 0. The van der Waals surface area contributed by atoms with Gasteiger partial charge in [-0.25, -0.2) is 5.43 Å². The lowest BCUT2D eigenvalue weighted by Gasteiger charge is -2.36. The molecule has 3 heterocycles. The van der Waals surface area contributed by atoms with E-state index >= 15 is 0 Å². The van der Waals surface area contributed by atoms with Crippen LogP contribution in [0.1, 0.15) is 69.8 Å². The zero-order valence-corrected chi connectivity index (χ0v) is 23.0. The Balaban J connectivity index is 1.21. The molecule has 10 nitrogen and oxygen atoms in total. The van der Waals surface area contributed by atoms with Crippen LogP contribution in [0.5, 0.6) is 11.5 Å². The van der Waals surface area contributed by atoms with Crippen molar-refractivity contribution in [1.29, 1.82) is 0 Å². The molecule has 202 valence electrons. The zero-order valence-electron chi connectivity index (χ0n) is 20.8. The van der Waals surface area contributed by atoms with Crippen molar-refractivity contribution in [2.45, 2.75) is 106 Å². The summed E-state index contributed by atoms with van der Waals surface area (Å²) in [5.41, 5.74) is 3.26. The van der Waals surface area contributed by atoms with Gasteiger partial charge in [0, 0.05) is 25.7 Å². The van der Waals surface area contributed by atoms with Crippen LogP contribution >= 0.6 is 22.6 Å². The summed E-state index contributed by atoms with van der Waals surface area (Å²) < 4.78 is 38.0. The van der Waals surface area contributed by atoms with Gasteiger partial charge in [-0.1, -0.05) is 12.8 Å². The minimum absolute atomic E-state index is 0.0602. The Hall–Kier alpha value is -1.51. The van der Waals surface area contributed by atoms with E-state index in [1.54, 1.807) is 12.1 Å². The van der Waals surface area contributed by atoms with Crippen molar-refractivity contribution in [3.05, 3.63) is 21.3 Å². The highest BCUT2D eigenvalue weighted by molar-refractivity contribution is 14.1. The monoisotopic (exact) mass is 628 g/mol. The van der Waals surface area contributed by atoms with Crippen LogP contribution in [0.25, 0.3) is 0 Å². The molecule has 2 aliphatic carbocycles. The third-order valence-corrected chi connectivity index (χ3v) is 8.85. The second-order valence-electron chi connectivity index (χ2n) is 10.5. The van der Waals surface area contributed by atoms with E-state index in [1.165, 1.54) is 13.3 Å². The van der Waals surface area contributed by atoms with Gasteiger partial charge >= 0.3 is 0 Å². The largest absolute Gasteiger partial charge is 0.504 e.